The number of carbonyl (C=O) groups is 8. The van der Waals surface area contributed by atoms with E-state index in [4.69, 9.17) is 0 Å². The Bertz CT molecular complexity index is 1240. The van der Waals surface area contributed by atoms with E-state index in [2.05, 4.69) is 21.3 Å². The molecule has 0 fully saturated rings. The number of hydrogen-bond acceptors (Lipinski definition) is 8. The molecule has 0 spiro atoms. The van der Waals surface area contributed by atoms with E-state index in [0.717, 1.165) is 0 Å². The van der Waals surface area contributed by atoms with E-state index in [0.29, 0.717) is 25.9 Å². The first kappa shape index (κ1) is 47.8. The predicted molar refractivity (Wildman–Crippen MR) is 195 cm³/mol. The van der Waals surface area contributed by atoms with Crippen molar-refractivity contribution >= 4 is 47.4 Å². The third kappa shape index (κ3) is 16.4. The third-order valence-electron chi connectivity index (χ3n) is 8.90. The fourth-order valence-corrected chi connectivity index (χ4v) is 5.58. The van der Waals surface area contributed by atoms with E-state index in [9.17, 15) is 48.6 Å². The summed E-state index contributed by atoms with van der Waals surface area (Å²) in [7, 11) is 1.54. The highest BCUT2D eigenvalue weighted by atomic mass is 16.4. The van der Waals surface area contributed by atoms with E-state index >= 15 is 0 Å². The Morgan fingerprint density at radius 3 is 1.54 bits per heavy atom. The summed E-state index contributed by atoms with van der Waals surface area (Å²) >= 11 is 0. The summed E-state index contributed by atoms with van der Waals surface area (Å²) in [5.41, 5.74) is 0. The smallest absolute Gasteiger partial charge is 0.326 e. The highest BCUT2D eigenvalue weighted by Crippen LogP contribution is 2.16. The monoisotopic (exact) mass is 740 g/mol. The standard InChI is InChI=1S/C36H64N6O10/c1-12-23(10)30(40-35(50)31(22(8)9)41(11)27(43)16-15-20(4)5)34(49)38-24(18-28(44)42(13-2)14-3)32(47)37-25(19-29(45)46)33(48)39-26(36(51)52)17-21(6)7/h20-26,30-31H,12-19H2,1-11H3,(H,37,47)(H,38,49)(H,39,48)(H,40,50)(H,45,46)(H,51,52)/t23-,24-,25-,26-,30-,31-/m0/s1. The van der Waals surface area contributed by atoms with Crippen LogP contribution in [0.4, 0.5) is 0 Å². The first-order chi connectivity index (χ1) is 24.1. The Kier molecular flexibility index (Phi) is 21.4. The zero-order valence-corrected chi connectivity index (χ0v) is 32.9. The molecule has 52 heavy (non-hydrogen) atoms. The second-order valence-corrected chi connectivity index (χ2v) is 14.5. The van der Waals surface area contributed by atoms with Gasteiger partial charge in [-0.15, -0.1) is 0 Å². The van der Waals surface area contributed by atoms with Crippen LogP contribution in [0.1, 0.15) is 108 Å². The van der Waals surface area contributed by atoms with Gasteiger partial charge in [0.05, 0.1) is 12.8 Å². The molecular formula is C36H64N6O10. The van der Waals surface area contributed by atoms with Crippen LogP contribution in [0.25, 0.3) is 0 Å². The molecule has 16 heteroatoms. The Balaban J connectivity index is 6.56. The summed E-state index contributed by atoms with van der Waals surface area (Å²) in [6, 6.07) is -6.84. The minimum atomic E-state index is -1.75. The van der Waals surface area contributed by atoms with E-state index in [-0.39, 0.29) is 36.5 Å². The van der Waals surface area contributed by atoms with Crippen LogP contribution in [0.2, 0.25) is 0 Å². The molecule has 298 valence electrons. The van der Waals surface area contributed by atoms with Crippen molar-refractivity contribution < 1.29 is 48.6 Å². The van der Waals surface area contributed by atoms with E-state index in [1.54, 1.807) is 55.4 Å². The van der Waals surface area contributed by atoms with Gasteiger partial charge in [-0.05, 0) is 50.4 Å². The van der Waals surface area contributed by atoms with Crippen molar-refractivity contribution in [3.8, 4) is 0 Å². The molecule has 0 aliphatic rings. The van der Waals surface area contributed by atoms with E-state index < -0.39 is 90.4 Å². The molecule has 0 heterocycles. The SMILES string of the molecule is CC[C@H](C)[C@H](NC(=O)[C@H](C(C)C)N(C)C(=O)CCC(C)C)C(=O)N[C@@H](CC(=O)N(CC)CC)C(=O)N[C@@H](CC(=O)O)C(=O)N[C@@H](CC(C)C)C(=O)O. The lowest BCUT2D eigenvalue weighted by Crippen LogP contribution is -2.61. The third-order valence-corrected chi connectivity index (χ3v) is 8.90. The lowest BCUT2D eigenvalue weighted by atomic mass is 9.95. The van der Waals surface area contributed by atoms with Crippen molar-refractivity contribution in [2.45, 2.75) is 138 Å². The molecule has 0 aromatic heterocycles. The van der Waals surface area contributed by atoms with Gasteiger partial charge in [-0.3, -0.25) is 33.6 Å². The lowest BCUT2D eigenvalue weighted by molar-refractivity contribution is -0.144. The second-order valence-electron chi connectivity index (χ2n) is 14.5. The van der Waals surface area contributed by atoms with Crippen molar-refractivity contribution in [2.24, 2.45) is 23.7 Å². The maximum absolute atomic E-state index is 13.9. The molecule has 0 saturated carbocycles. The van der Waals surface area contributed by atoms with Gasteiger partial charge < -0.3 is 41.3 Å². The number of hydrogen-bond donors (Lipinski definition) is 6. The molecule has 6 N–H and O–H groups in total. The molecule has 16 nitrogen and oxygen atoms in total. The maximum Gasteiger partial charge on any atom is 0.326 e. The zero-order valence-electron chi connectivity index (χ0n) is 32.9. The van der Waals surface area contributed by atoms with Crippen molar-refractivity contribution in [1.82, 2.24) is 31.1 Å². The molecule has 0 saturated heterocycles. The molecule has 0 aromatic rings. The molecule has 6 amide bonds. The Labute approximate surface area is 308 Å². The first-order valence-electron chi connectivity index (χ1n) is 18.3. The number of likely N-dealkylation sites (N-methyl/N-ethyl adjacent to an activating group) is 1. The largest absolute Gasteiger partial charge is 0.481 e. The van der Waals surface area contributed by atoms with Crippen molar-refractivity contribution in [1.29, 1.82) is 0 Å². The van der Waals surface area contributed by atoms with Crippen molar-refractivity contribution in [2.75, 3.05) is 20.1 Å². The number of rotatable bonds is 24. The summed E-state index contributed by atoms with van der Waals surface area (Å²) in [5, 5.41) is 29.0. The van der Waals surface area contributed by atoms with Gasteiger partial charge in [0, 0.05) is 26.6 Å². The van der Waals surface area contributed by atoms with Crippen LogP contribution in [-0.2, 0) is 38.4 Å². The fraction of sp³-hybridized carbons (Fsp3) is 0.778. The predicted octanol–water partition coefficient (Wildman–Crippen LogP) is 1.75. The maximum atomic E-state index is 13.9. The number of carboxylic acids is 2. The van der Waals surface area contributed by atoms with Crippen molar-refractivity contribution in [3.05, 3.63) is 0 Å². The van der Waals surface area contributed by atoms with Gasteiger partial charge in [0.15, 0.2) is 0 Å². The molecular weight excluding hydrogens is 676 g/mol. The average molecular weight is 741 g/mol. The molecule has 0 rings (SSSR count). The minimum Gasteiger partial charge on any atom is -0.481 e. The van der Waals surface area contributed by atoms with Crippen LogP contribution in [0.5, 0.6) is 0 Å². The van der Waals surface area contributed by atoms with E-state index in [1.165, 1.54) is 16.8 Å². The normalized spacial score (nSPS) is 14.7. The van der Waals surface area contributed by atoms with Gasteiger partial charge in [-0.1, -0.05) is 61.8 Å². The molecule has 0 aliphatic heterocycles. The topological polar surface area (TPSA) is 232 Å². The van der Waals surface area contributed by atoms with Crippen LogP contribution in [0, 0.1) is 23.7 Å². The van der Waals surface area contributed by atoms with Gasteiger partial charge in [-0.2, -0.15) is 0 Å². The van der Waals surface area contributed by atoms with Gasteiger partial charge in [0.2, 0.25) is 35.4 Å². The minimum absolute atomic E-state index is 0.0359. The van der Waals surface area contributed by atoms with Crippen LogP contribution in [0.15, 0.2) is 0 Å². The van der Waals surface area contributed by atoms with Gasteiger partial charge in [0.1, 0.15) is 30.2 Å². The summed E-state index contributed by atoms with van der Waals surface area (Å²) in [6.45, 7) is 18.6. The molecule has 0 radical (unpaired) electrons. The molecule has 0 aliphatic carbocycles. The lowest BCUT2D eigenvalue weighted by Gasteiger charge is -2.33. The first-order valence-corrected chi connectivity index (χ1v) is 18.3. The number of carboxylic acid groups (broad SMARTS) is 2. The molecule has 0 unspecified atom stereocenters. The van der Waals surface area contributed by atoms with Gasteiger partial charge >= 0.3 is 11.9 Å². The molecule has 6 atom stereocenters. The molecule has 0 bridgehead atoms. The highest BCUT2D eigenvalue weighted by molar-refractivity contribution is 5.98. The van der Waals surface area contributed by atoms with Gasteiger partial charge in [-0.25, -0.2) is 4.79 Å². The zero-order chi connectivity index (χ0) is 40.5. The highest BCUT2D eigenvalue weighted by Gasteiger charge is 2.37. The van der Waals surface area contributed by atoms with Gasteiger partial charge in [0.25, 0.3) is 0 Å². The summed E-state index contributed by atoms with van der Waals surface area (Å²) in [6.07, 6.45) is -0.140. The fourth-order valence-electron chi connectivity index (χ4n) is 5.58. The average Bonchev–Trinajstić information content (AvgIpc) is 3.04. The Morgan fingerprint density at radius 2 is 1.12 bits per heavy atom. The van der Waals surface area contributed by atoms with E-state index in [1.807, 2.05) is 13.8 Å². The quantitative estimate of drug-likeness (QED) is 0.0840. The van der Waals surface area contributed by atoms with Crippen LogP contribution >= 0.6 is 0 Å². The summed E-state index contributed by atoms with van der Waals surface area (Å²) in [5.74, 6) is -7.73. The number of aliphatic carboxylic acids is 2. The molecule has 0 aromatic carbocycles. The number of nitrogens with zero attached hydrogens (tertiary/aromatic N) is 2. The van der Waals surface area contributed by atoms with Crippen LogP contribution in [0.3, 0.4) is 0 Å². The number of carbonyl (C=O) groups excluding carboxylic acids is 6. The summed E-state index contributed by atoms with van der Waals surface area (Å²) < 4.78 is 0. The summed E-state index contributed by atoms with van der Waals surface area (Å²) in [4.78, 5) is 107. The number of amides is 6. The number of nitrogens with one attached hydrogen (secondary N) is 4. The Hall–Kier alpha value is -4.24. The van der Waals surface area contributed by atoms with Crippen LogP contribution in [-0.4, -0.2) is 118 Å². The van der Waals surface area contributed by atoms with Crippen molar-refractivity contribution in [3.63, 3.8) is 0 Å². The second kappa shape index (κ2) is 23.3. The Morgan fingerprint density at radius 1 is 0.615 bits per heavy atom. The van der Waals surface area contributed by atoms with Crippen LogP contribution < -0.4 is 21.3 Å².